The average molecular weight is 315 g/mol. The molecule has 0 aliphatic heterocycles. The number of benzene rings is 1. The van der Waals surface area contributed by atoms with E-state index in [4.69, 9.17) is 16.1 Å². The number of hydrogen-bond acceptors (Lipinski definition) is 4. The lowest BCUT2D eigenvalue weighted by Crippen LogP contribution is -2.26. The van der Waals surface area contributed by atoms with Gasteiger partial charge in [-0.2, -0.15) is 0 Å². The van der Waals surface area contributed by atoms with E-state index >= 15 is 0 Å². The molecule has 20 heavy (non-hydrogen) atoms. The Bertz CT molecular complexity index is 710. The minimum Gasteiger partial charge on any atom is -0.361 e. The molecule has 0 saturated carbocycles. The Morgan fingerprint density at radius 3 is 2.75 bits per heavy atom. The van der Waals surface area contributed by atoms with Crippen molar-refractivity contribution >= 4 is 21.6 Å². The smallest absolute Gasteiger partial charge is 0.240 e. The average Bonchev–Trinajstić information content (AvgIpc) is 2.78. The topological polar surface area (TPSA) is 72.2 Å². The monoisotopic (exact) mass is 314 g/mol. The highest BCUT2D eigenvalue weighted by atomic mass is 35.5. The van der Waals surface area contributed by atoms with Gasteiger partial charge < -0.3 is 4.52 Å². The maximum absolute atomic E-state index is 12.2. The van der Waals surface area contributed by atoms with E-state index in [0.717, 1.165) is 5.69 Å². The number of hydrogen-bond donors (Lipinski definition) is 1. The summed E-state index contributed by atoms with van der Waals surface area (Å²) in [6.07, 6.45) is 0.444. The minimum atomic E-state index is -3.57. The second-order valence-electron chi connectivity index (χ2n) is 4.45. The van der Waals surface area contributed by atoms with Crippen molar-refractivity contribution < 1.29 is 12.9 Å². The summed E-state index contributed by atoms with van der Waals surface area (Å²) < 4.78 is 31.9. The maximum Gasteiger partial charge on any atom is 0.240 e. The first-order valence-electron chi connectivity index (χ1n) is 6.07. The summed E-state index contributed by atoms with van der Waals surface area (Å²) in [5.74, 6) is 0.646. The second-order valence-corrected chi connectivity index (χ2v) is 6.59. The van der Waals surface area contributed by atoms with Crippen LogP contribution in [0.15, 0.2) is 33.7 Å². The third-order valence-corrected chi connectivity index (χ3v) is 4.86. The van der Waals surface area contributed by atoms with Gasteiger partial charge in [0.15, 0.2) is 0 Å². The molecule has 5 nitrogen and oxygen atoms in total. The Morgan fingerprint density at radius 2 is 2.10 bits per heavy atom. The third kappa shape index (κ3) is 3.39. The van der Waals surface area contributed by atoms with Crippen molar-refractivity contribution in [2.75, 3.05) is 6.54 Å². The van der Waals surface area contributed by atoms with E-state index in [2.05, 4.69) is 9.88 Å². The van der Waals surface area contributed by atoms with Gasteiger partial charge in [-0.15, -0.1) is 0 Å². The lowest BCUT2D eigenvalue weighted by atomic mass is 10.2. The van der Waals surface area contributed by atoms with Gasteiger partial charge in [-0.25, -0.2) is 13.1 Å². The minimum absolute atomic E-state index is 0.193. The highest BCUT2D eigenvalue weighted by molar-refractivity contribution is 7.89. The summed E-state index contributed by atoms with van der Waals surface area (Å²) in [6, 6.07) is 6.58. The highest BCUT2D eigenvalue weighted by Gasteiger charge is 2.17. The van der Waals surface area contributed by atoms with E-state index in [0.29, 0.717) is 22.8 Å². The van der Waals surface area contributed by atoms with Gasteiger partial charge in [0.2, 0.25) is 10.0 Å². The normalized spacial score (nSPS) is 11.8. The van der Waals surface area contributed by atoms with E-state index in [1.807, 2.05) is 6.92 Å². The Hall–Kier alpha value is -1.37. The zero-order valence-electron chi connectivity index (χ0n) is 11.2. The predicted octanol–water partition coefficient (Wildman–Crippen LogP) is 2.47. The molecule has 0 spiro atoms. The summed E-state index contributed by atoms with van der Waals surface area (Å²) in [5.41, 5.74) is 1.31. The number of aromatic nitrogens is 1. The molecule has 7 heteroatoms. The molecule has 1 N–H and O–H groups in total. The first kappa shape index (κ1) is 15.0. The van der Waals surface area contributed by atoms with Crippen LogP contribution in [-0.4, -0.2) is 20.1 Å². The summed E-state index contributed by atoms with van der Waals surface area (Å²) in [5, 5.41) is 4.18. The molecule has 0 aliphatic carbocycles. The molecule has 1 aromatic heterocycles. The number of halogens is 1. The highest BCUT2D eigenvalue weighted by Crippen LogP contribution is 2.22. The zero-order valence-corrected chi connectivity index (χ0v) is 12.8. The largest absolute Gasteiger partial charge is 0.361 e. The molecule has 1 aromatic carbocycles. The van der Waals surface area contributed by atoms with Gasteiger partial charge in [0.1, 0.15) is 5.76 Å². The number of nitrogens with one attached hydrogen (secondary N) is 1. The van der Waals surface area contributed by atoms with Gasteiger partial charge in [-0.05, 0) is 31.5 Å². The molecule has 0 atom stereocenters. The van der Waals surface area contributed by atoms with Crippen molar-refractivity contribution in [3.05, 3.63) is 46.3 Å². The molecule has 108 valence electrons. The van der Waals surface area contributed by atoms with Gasteiger partial charge in [-0.3, -0.25) is 0 Å². The van der Waals surface area contributed by atoms with E-state index in [-0.39, 0.29) is 11.4 Å². The van der Waals surface area contributed by atoms with Crippen molar-refractivity contribution in [1.82, 2.24) is 9.88 Å². The molecule has 0 bridgehead atoms. The summed E-state index contributed by atoms with van der Waals surface area (Å²) in [4.78, 5) is 0.193. The third-order valence-electron chi connectivity index (χ3n) is 2.85. The zero-order chi connectivity index (χ0) is 14.8. The fraction of sp³-hybridized carbons (Fsp3) is 0.308. The van der Waals surface area contributed by atoms with Crippen LogP contribution >= 0.6 is 11.6 Å². The van der Waals surface area contributed by atoms with Crippen LogP contribution in [0.4, 0.5) is 0 Å². The van der Waals surface area contributed by atoms with E-state index < -0.39 is 10.0 Å². The molecule has 0 radical (unpaired) electrons. The first-order valence-corrected chi connectivity index (χ1v) is 7.93. The SMILES string of the molecule is Cc1cc(CCNS(=O)(=O)c2cccc(Cl)c2C)on1. The van der Waals surface area contributed by atoms with Crippen LogP contribution in [0.3, 0.4) is 0 Å². The van der Waals surface area contributed by atoms with Crippen molar-refractivity contribution in [2.24, 2.45) is 0 Å². The fourth-order valence-electron chi connectivity index (χ4n) is 1.80. The lowest BCUT2D eigenvalue weighted by molar-refractivity contribution is 0.379. The standard InChI is InChI=1S/C13H15ClN2O3S/c1-9-8-11(19-16-9)6-7-15-20(17,18)13-5-3-4-12(14)10(13)2/h3-5,8,15H,6-7H2,1-2H3. The van der Waals surface area contributed by atoms with Crippen LogP contribution in [0.1, 0.15) is 17.0 Å². The molecule has 0 unspecified atom stereocenters. The molecular weight excluding hydrogens is 300 g/mol. The Kier molecular flexibility index (Phi) is 4.47. The molecule has 0 fully saturated rings. The molecule has 2 rings (SSSR count). The second kappa shape index (κ2) is 5.95. The van der Waals surface area contributed by atoms with Crippen LogP contribution in [0.5, 0.6) is 0 Å². The molecule has 0 saturated heterocycles. The molecule has 0 aliphatic rings. The number of nitrogens with zero attached hydrogens (tertiary/aromatic N) is 1. The van der Waals surface area contributed by atoms with Crippen molar-refractivity contribution in [1.29, 1.82) is 0 Å². The quantitative estimate of drug-likeness (QED) is 0.920. The molecule has 1 heterocycles. The van der Waals surface area contributed by atoms with E-state index in [1.54, 1.807) is 25.1 Å². The Morgan fingerprint density at radius 1 is 1.35 bits per heavy atom. The van der Waals surface area contributed by atoms with E-state index in [1.165, 1.54) is 6.07 Å². The number of sulfonamides is 1. The van der Waals surface area contributed by atoms with Crippen LogP contribution in [-0.2, 0) is 16.4 Å². The Labute approximate surface area is 123 Å². The van der Waals surface area contributed by atoms with Gasteiger partial charge >= 0.3 is 0 Å². The van der Waals surface area contributed by atoms with Crippen LogP contribution < -0.4 is 4.72 Å². The van der Waals surface area contributed by atoms with Gasteiger partial charge in [0.05, 0.1) is 10.6 Å². The summed E-state index contributed by atoms with van der Waals surface area (Å²) >= 11 is 5.94. The van der Waals surface area contributed by atoms with Crippen LogP contribution in [0.2, 0.25) is 5.02 Å². The van der Waals surface area contributed by atoms with Gasteiger partial charge in [-0.1, -0.05) is 22.8 Å². The van der Waals surface area contributed by atoms with Crippen molar-refractivity contribution in [3.63, 3.8) is 0 Å². The lowest BCUT2D eigenvalue weighted by Gasteiger charge is -2.09. The maximum atomic E-state index is 12.2. The predicted molar refractivity (Wildman–Crippen MR) is 76.3 cm³/mol. The van der Waals surface area contributed by atoms with Crippen molar-refractivity contribution in [3.8, 4) is 0 Å². The first-order chi connectivity index (χ1) is 9.40. The van der Waals surface area contributed by atoms with Crippen LogP contribution in [0.25, 0.3) is 0 Å². The summed E-state index contributed by atoms with van der Waals surface area (Å²) in [6.45, 7) is 3.73. The van der Waals surface area contributed by atoms with Gasteiger partial charge in [0, 0.05) is 24.1 Å². The molecular formula is C13H15ClN2O3S. The number of aryl methyl sites for hydroxylation is 1. The molecule has 2 aromatic rings. The number of rotatable bonds is 5. The molecule has 0 amide bonds. The van der Waals surface area contributed by atoms with Crippen molar-refractivity contribution in [2.45, 2.75) is 25.2 Å². The van der Waals surface area contributed by atoms with Crippen LogP contribution in [0, 0.1) is 13.8 Å². The Balaban J connectivity index is 2.06. The van der Waals surface area contributed by atoms with Gasteiger partial charge in [0.25, 0.3) is 0 Å². The van der Waals surface area contributed by atoms with E-state index in [9.17, 15) is 8.42 Å². The summed E-state index contributed by atoms with van der Waals surface area (Å²) in [7, 11) is -3.57. The fourth-order valence-corrected chi connectivity index (χ4v) is 3.33.